The largest absolute Gasteiger partial charge is 0.478 e. The van der Waals surface area contributed by atoms with Crippen LogP contribution in [0, 0.1) is 12.7 Å². The Labute approximate surface area is 125 Å². The van der Waals surface area contributed by atoms with Crippen molar-refractivity contribution in [3.63, 3.8) is 0 Å². The molecule has 0 saturated carbocycles. The molecule has 6 heteroatoms. The molecular weight excluding hydrogens is 289 g/mol. The lowest BCUT2D eigenvalue weighted by Gasteiger charge is -2.13. The fourth-order valence-electron chi connectivity index (χ4n) is 2.33. The highest BCUT2D eigenvalue weighted by Crippen LogP contribution is 2.31. The number of carboxylic acid groups (broad SMARTS) is 2. The van der Waals surface area contributed by atoms with Gasteiger partial charge in [0, 0.05) is 17.7 Å². The lowest BCUT2D eigenvalue weighted by Crippen LogP contribution is -2.09. The van der Waals surface area contributed by atoms with Gasteiger partial charge in [0.15, 0.2) is 0 Å². The molecule has 0 heterocycles. The van der Waals surface area contributed by atoms with Gasteiger partial charge >= 0.3 is 11.9 Å². The molecule has 4 N–H and O–H groups in total. The number of halogens is 1. The fourth-order valence-corrected chi connectivity index (χ4v) is 2.33. The van der Waals surface area contributed by atoms with E-state index in [2.05, 4.69) is 0 Å². The topological polar surface area (TPSA) is 101 Å². The lowest BCUT2D eigenvalue weighted by molar-refractivity contribution is 0.0695. The van der Waals surface area contributed by atoms with Crippen molar-refractivity contribution in [2.75, 3.05) is 0 Å². The van der Waals surface area contributed by atoms with Crippen molar-refractivity contribution in [1.82, 2.24) is 0 Å². The standard InChI is InChI=1S/C16H14FNO4/c1-8-2-5-11(15(19)20)14(13(8)16(21)22)9-3-4-10(7-18)12(17)6-9/h2-6H,7,18H2,1H3,(H,19,20)(H,21,22). The van der Waals surface area contributed by atoms with Gasteiger partial charge in [0.25, 0.3) is 0 Å². The minimum Gasteiger partial charge on any atom is -0.478 e. The second-order valence-corrected chi connectivity index (χ2v) is 4.80. The zero-order valence-corrected chi connectivity index (χ0v) is 11.8. The number of carbonyl (C=O) groups is 2. The van der Waals surface area contributed by atoms with Crippen LogP contribution in [-0.4, -0.2) is 22.2 Å². The van der Waals surface area contributed by atoms with Crippen LogP contribution in [0.4, 0.5) is 4.39 Å². The first-order chi connectivity index (χ1) is 10.4. The summed E-state index contributed by atoms with van der Waals surface area (Å²) in [6.07, 6.45) is 0. The van der Waals surface area contributed by atoms with Crippen LogP contribution < -0.4 is 5.73 Å². The van der Waals surface area contributed by atoms with Gasteiger partial charge in [-0.25, -0.2) is 14.0 Å². The zero-order chi connectivity index (χ0) is 16.4. The van der Waals surface area contributed by atoms with E-state index >= 15 is 0 Å². The van der Waals surface area contributed by atoms with E-state index in [1.807, 2.05) is 0 Å². The van der Waals surface area contributed by atoms with Crippen LogP contribution in [0.1, 0.15) is 31.8 Å². The molecule has 0 fully saturated rings. The predicted octanol–water partition coefficient (Wildman–Crippen LogP) is 2.66. The minimum absolute atomic E-state index is 0.00247. The summed E-state index contributed by atoms with van der Waals surface area (Å²) in [6, 6.07) is 6.73. The van der Waals surface area contributed by atoms with Gasteiger partial charge in [-0.15, -0.1) is 0 Å². The molecule has 0 aliphatic heterocycles. The van der Waals surface area contributed by atoms with Crippen molar-refractivity contribution < 1.29 is 24.2 Å². The summed E-state index contributed by atoms with van der Waals surface area (Å²) in [5, 5.41) is 18.7. The molecule has 5 nitrogen and oxygen atoms in total. The SMILES string of the molecule is Cc1ccc(C(=O)O)c(-c2ccc(CN)c(F)c2)c1C(=O)O. The third kappa shape index (κ3) is 2.68. The van der Waals surface area contributed by atoms with Gasteiger partial charge in [0.1, 0.15) is 5.82 Å². The van der Waals surface area contributed by atoms with E-state index in [1.54, 1.807) is 6.92 Å². The fraction of sp³-hybridized carbons (Fsp3) is 0.125. The number of hydrogen-bond donors (Lipinski definition) is 3. The lowest BCUT2D eigenvalue weighted by atomic mass is 9.90. The maximum absolute atomic E-state index is 13.9. The third-order valence-electron chi connectivity index (χ3n) is 3.42. The van der Waals surface area contributed by atoms with Crippen LogP contribution in [-0.2, 0) is 6.54 Å². The molecule has 0 saturated heterocycles. The van der Waals surface area contributed by atoms with Crippen LogP contribution in [0.15, 0.2) is 30.3 Å². The monoisotopic (exact) mass is 303 g/mol. The number of hydrogen-bond acceptors (Lipinski definition) is 3. The van der Waals surface area contributed by atoms with Gasteiger partial charge in [0.05, 0.1) is 11.1 Å². The van der Waals surface area contributed by atoms with Crippen molar-refractivity contribution in [2.24, 2.45) is 5.73 Å². The second-order valence-electron chi connectivity index (χ2n) is 4.80. The number of benzene rings is 2. The zero-order valence-electron chi connectivity index (χ0n) is 11.8. The van der Waals surface area contributed by atoms with Crippen molar-refractivity contribution in [1.29, 1.82) is 0 Å². The molecule has 2 rings (SSSR count). The molecule has 0 radical (unpaired) electrons. The average molecular weight is 303 g/mol. The average Bonchev–Trinajstić information content (AvgIpc) is 2.45. The Kier molecular flexibility index (Phi) is 4.23. The molecule has 0 atom stereocenters. The van der Waals surface area contributed by atoms with Gasteiger partial charge < -0.3 is 15.9 Å². The highest BCUT2D eigenvalue weighted by atomic mass is 19.1. The van der Waals surface area contributed by atoms with E-state index in [4.69, 9.17) is 5.73 Å². The number of aromatic carboxylic acids is 2. The number of aryl methyl sites for hydroxylation is 1. The van der Waals surface area contributed by atoms with E-state index in [9.17, 15) is 24.2 Å². The molecule has 0 aromatic heterocycles. The van der Waals surface area contributed by atoms with Gasteiger partial charge in [-0.05, 0) is 30.2 Å². The molecule has 114 valence electrons. The maximum Gasteiger partial charge on any atom is 0.336 e. The van der Waals surface area contributed by atoms with Crippen molar-refractivity contribution >= 4 is 11.9 Å². The van der Waals surface area contributed by atoms with Gasteiger partial charge in [0.2, 0.25) is 0 Å². The Morgan fingerprint density at radius 3 is 2.32 bits per heavy atom. The summed E-state index contributed by atoms with van der Waals surface area (Å²) < 4.78 is 13.9. The molecule has 0 bridgehead atoms. The smallest absolute Gasteiger partial charge is 0.336 e. The first-order valence-corrected chi connectivity index (χ1v) is 6.45. The van der Waals surface area contributed by atoms with Gasteiger partial charge in [-0.3, -0.25) is 0 Å². The molecule has 2 aromatic carbocycles. The summed E-state index contributed by atoms with van der Waals surface area (Å²) in [5.74, 6) is -3.14. The Hall–Kier alpha value is -2.73. The Balaban J connectivity index is 2.82. The van der Waals surface area contributed by atoms with Crippen LogP contribution in [0.2, 0.25) is 0 Å². The van der Waals surface area contributed by atoms with E-state index in [1.165, 1.54) is 24.3 Å². The number of nitrogens with two attached hydrogens (primary N) is 1. The maximum atomic E-state index is 13.9. The number of rotatable bonds is 4. The van der Waals surface area contributed by atoms with Crippen LogP contribution in [0.25, 0.3) is 11.1 Å². The van der Waals surface area contributed by atoms with E-state index in [-0.39, 0.29) is 34.4 Å². The first kappa shape index (κ1) is 15.7. The molecule has 2 aromatic rings. The molecule has 0 aliphatic carbocycles. The minimum atomic E-state index is -1.28. The predicted molar refractivity (Wildman–Crippen MR) is 78.4 cm³/mol. The molecule has 0 amide bonds. The summed E-state index contributed by atoms with van der Waals surface area (Å²) in [5.41, 5.74) is 5.89. The first-order valence-electron chi connectivity index (χ1n) is 6.45. The van der Waals surface area contributed by atoms with Crippen molar-refractivity contribution in [3.05, 3.63) is 58.4 Å². The summed E-state index contributed by atoms with van der Waals surface area (Å²) in [4.78, 5) is 22.9. The van der Waals surface area contributed by atoms with Crippen LogP contribution >= 0.6 is 0 Å². The van der Waals surface area contributed by atoms with Crippen LogP contribution in [0.5, 0.6) is 0 Å². The van der Waals surface area contributed by atoms with Gasteiger partial charge in [-0.1, -0.05) is 18.2 Å². The number of carboxylic acids is 2. The Morgan fingerprint density at radius 2 is 1.82 bits per heavy atom. The summed E-state index contributed by atoms with van der Waals surface area (Å²) >= 11 is 0. The quantitative estimate of drug-likeness (QED) is 0.806. The van der Waals surface area contributed by atoms with Crippen LogP contribution in [0.3, 0.4) is 0 Å². The highest BCUT2D eigenvalue weighted by Gasteiger charge is 2.22. The molecule has 0 spiro atoms. The van der Waals surface area contributed by atoms with E-state index < -0.39 is 17.8 Å². The Morgan fingerprint density at radius 1 is 1.14 bits per heavy atom. The molecule has 22 heavy (non-hydrogen) atoms. The summed E-state index contributed by atoms with van der Waals surface area (Å²) in [6.45, 7) is 1.56. The van der Waals surface area contributed by atoms with Gasteiger partial charge in [-0.2, -0.15) is 0 Å². The normalized spacial score (nSPS) is 10.5. The van der Waals surface area contributed by atoms with E-state index in [0.717, 1.165) is 6.07 Å². The highest BCUT2D eigenvalue weighted by molar-refractivity contribution is 6.05. The summed E-state index contributed by atoms with van der Waals surface area (Å²) in [7, 11) is 0. The molecule has 0 unspecified atom stereocenters. The second kappa shape index (κ2) is 5.95. The third-order valence-corrected chi connectivity index (χ3v) is 3.42. The van der Waals surface area contributed by atoms with E-state index in [0.29, 0.717) is 5.56 Å². The van der Waals surface area contributed by atoms with Crippen molar-refractivity contribution in [2.45, 2.75) is 13.5 Å². The molecule has 0 aliphatic rings. The van der Waals surface area contributed by atoms with Crippen molar-refractivity contribution in [3.8, 4) is 11.1 Å². The Bertz CT molecular complexity index is 771. The molecular formula is C16H14FNO4.